The summed E-state index contributed by atoms with van der Waals surface area (Å²) in [5, 5.41) is 17.9. The molecular weight excluding hydrogens is 300 g/mol. The summed E-state index contributed by atoms with van der Waals surface area (Å²) in [6, 6.07) is 6.62. The number of aromatic nitrogens is 3. The maximum Gasteiger partial charge on any atom is 0.319 e. The molecule has 122 valence electrons. The summed E-state index contributed by atoms with van der Waals surface area (Å²) < 4.78 is 1.60. The summed E-state index contributed by atoms with van der Waals surface area (Å²) in [6.45, 7) is 0.0656. The largest absolute Gasteiger partial charge is 0.481 e. The van der Waals surface area contributed by atoms with Crippen LogP contribution >= 0.6 is 0 Å². The van der Waals surface area contributed by atoms with Crippen molar-refractivity contribution in [3.05, 3.63) is 30.6 Å². The van der Waals surface area contributed by atoms with E-state index in [4.69, 9.17) is 5.11 Å². The second-order valence-electron chi connectivity index (χ2n) is 4.96. The van der Waals surface area contributed by atoms with Crippen LogP contribution in [0.25, 0.3) is 5.69 Å². The van der Waals surface area contributed by atoms with Crippen molar-refractivity contribution in [2.45, 2.75) is 6.42 Å². The third kappa shape index (κ3) is 4.70. The fraction of sp³-hybridized carbons (Fsp3) is 0.286. The van der Waals surface area contributed by atoms with Crippen LogP contribution in [0.4, 0.5) is 16.4 Å². The lowest BCUT2D eigenvalue weighted by atomic mass is 10.3. The first kappa shape index (κ1) is 16.3. The van der Waals surface area contributed by atoms with Gasteiger partial charge in [0.1, 0.15) is 6.33 Å². The van der Waals surface area contributed by atoms with Gasteiger partial charge in [-0.1, -0.05) is 6.07 Å². The Morgan fingerprint density at radius 2 is 2.13 bits per heavy atom. The van der Waals surface area contributed by atoms with Gasteiger partial charge in [0.05, 0.1) is 12.1 Å². The highest BCUT2D eigenvalue weighted by molar-refractivity contribution is 5.89. The Bertz CT molecular complexity index is 697. The number of carboxylic acid groups (broad SMARTS) is 1. The van der Waals surface area contributed by atoms with E-state index < -0.39 is 12.0 Å². The number of hydrogen-bond acceptors (Lipinski definition) is 5. The maximum atomic E-state index is 11.7. The van der Waals surface area contributed by atoms with Crippen LogP contribution in [0, 0.1) is 0 Å². The third-order valence-corrected chi connectivity index (χ3v) is 2.87. The molecule has 0 aliphatic heterocycles. The lowest BCUT2D eigenvalue weighted by molar-refractivity contribution is -0.136. The molecule has 0 bridgehead atoms. The van der Waals surface area contributed by atoms with Gasteiger partial charge in [-0.05, 0) is 18.2 Å². The number of aliphatic carboxylic acids is 1. The van der Waals surface area contributed by atoms with Gasteiger partial charge in [0.2, 0.25) is 5.95 Å². The minimum atomic E-state index is -0.963. The monoisotopic (exact) mass is 318 g/mol. The third-order valence-electron chi connectivity index (χ3n) is 2.87. The van der Waals surface area contributed by atoms with Gasteiger partial charge in [-0.2, -0.15) is 4.98 Å². The Morgan fingerprint density at radius 1 is 1.35 bits per heavy atom. The molecular formula is C14H18N6O3. The summed E-state index contributed by atoms with van der Waals surface area (Å²) in [7, 11) is 3.69. The molecule has 0 radical (unpaired) electrons. The Morgan fingerprint density at radius 3 is 2.78 bits per heavy atom. The number of carboxylic acids is 1. The van der Waals surface area contributed by atoms with Crippen molar-refractivity contribution < 1.29 is 14.7 Å². The van der Waals surface area contributed by atoms with E-state index in [0.717, 1.165) is 5.69 Å². The van der Waals surface area contributed by atoms with Crippen molar-refractivity contribution in [3.8, 4) is 5.69 Å². The minimum Gasteiger partial charge on any atom is -0.481 e. The van der Waals surface area contributed by atoms with Crippen molar-refractivity contribution in [3.63, 3.8) is 0 Å². The quantitative estimate of drug-likeness (QED) is 0.730. The molecule has 0 saturated heterocycles. The van der Waals surface area contributed by atoms with Gasteiger partial charge in [-0.3, -0.25) is 4.79 Å². The number of benzene rings is 1. The Kier molecular flexibility index (Phi) is 5.13. The zero-order chi connectivity index (χ0) is 16.8. The van der Waals surface area contributed by atoms with Gasteiger partial charge in [0, 0.05) is 26.3 Å². The molecule has 0 atom stereocenters. The Balaban J connectivity index is 2.01. The molecule has 9 nitrogen and oxygen atoms in total. The SMILES string of the molecule is CN(C)c1ncn(-c2cccc(NC(=O)NCCC(=O)O)c2)n1. The van der Waals surface area contributed by atoms with Gasteiger partial charge in [0.25, 0.3) is 0 Å². The minimum absolute atomic E-state index is 0.0656. The fourth-order valence-corrected chi connectivity index (χ4v) is 1.77. The van der Waals surface area contributed by atoms with Crippen LogP contribution < -0.4 is 15.5 Å². The zero-order valence-electron chi connectivity index (χ0n) is 12.9. The molecule has 3 N–H and O–H groups in total. The molecule has 2 aromatic rings. The van der Waals surface area contributed by atoms with Crippen LogP contribution in [0.1, 0.15) is 6.42 Å². The molecule has 0 spiro atoms. The topological polar surface area (TPSA) is 112 Å². The molecule has 0 aliphatic carbocycles. The average Bonchev–Trinajstić information content (AvgIpc) is 2.97. The molecule has 0 aliphatic rings. The van der Waals surface area contributed by atoms with Crippen LogP contribution in [-0.2, 0) is 4.79 Å². The van der Waals surface area contributed by atoms with E-state index in [0.29, 0.717) is 11.6 Å². The van der Waals surface area contributed by atoms with Crippen molar-refractivity contribution in [2.75, 3.05) is 30.9 Å². The highest BCUT2D eigenvalue weighted by Crippen LogP contribution is 2.15. The number of amides is 2. The number of carbonyl (C=O) groups is 2. The molecule has 1 heterocycles. The number of nitrogens with one attached hydrogen (secondary N) is 2. The van der Waals surface area contributed by atoms with Crippen molar-refractivity contribution in [2.24, 2.45) is 0 Å². The normalized spacial score (nSPS) is 10.2. The summed E-state index contributed by atoms with van der Waals surface area (Å²) in [5.74, 6) is -0.384. The van der Waals surface area contributed by atoms with E-state index in [1.54, 1.807) is 34.1 Å². The maximum absolute atomic E-state index is 11.7. The predicted octanol–water partition coefficient (Wildman–Crippen LogP) is 0.929. The van der Waals surface area contributed by atoms with Gasteiger partial charge < -0.3 is 20.6 Å². The van der Waals surface area contributed by atoms with E-state index in [9.17, 15) is 9.59 Å². The van der Waals surface area contributed by atoms with Crippen LogP contribution in [0.5, 0.6) is 0 Å². The number of anilines is 2. The first-order valence-electron chi connectivity index (χ1n) is 6.92. The summed E-state index contributed by atoms with van der Waals surface area (Å²) in [6.07, 6.45) is 1.46. The van der Waals surface area contributed by atoms with Crippen LogP contribution in [0.3, 0.4) is 0 Å². The van der Waals surface area contributed by atoms with Crippen LogP contribution in [0.2, 0.25) is 0 Å². The zero-order valence-corrected chi connectivity index (χ0v) is 12.9. The number of rotatable bonds is 6. The molecule has 23 heavy (non-hydrogen) atoms. The molecule has 2 amide bonds. The van der Waals surface area contributed by atoms with Crippen molar-refractivity contribution >= 4 is 23.6 Å². The smallest absolute Gasteiger partial charge is 0.319 e. The van der Waals surface area contributed by atoms with Gasteiger partial charge in [0.15, 0.2) is 0 Å². The highest BCUT2D eigenvalue weighted by atomic mass is 16.4. The molecule has 9 heteroatoms. The van der Waals surface area contributed by atoms with Crippen molar-refractivity contribution in [1.82, 2.24) is 20.1 Å². The van der Waals surface area contributed by atoms with Gasteiger partial charge >= 0.3 is 12.0 Å². The van der Waals surface area contributed by atoms with Crippen LogP contribution in [0.15, 0.2) is 30.6 Å². The molecule has 1 aromatic carbocycles. The number of urea groups is 1. The Labute approximate surface area is 132 Å². The van der Waals surface area contributed by atoms with Crippen molar-refractivity contribution in [1.29, 1.82) is 0 Å². The summed E-state index contributed by atoms with van der Waals surface area (Å²) in [5.41, 5.74) is 1.31. The van der Waals surface area contributed by atoms with Gasteiger partial charge in [-0.25, -0.2) is 9.48 Å². The van der Waals surface area contributed by atoms with Gasteiger partial charge in [-0.15, -0.1) is 5.10 Å². The molecule has 0 saturated carbocycles. The number of nitrogens with zero attached hydrogens (tertiary/aromatic N) is 4. The van der Waals surface area contributed by atoms with E-state index in [1.807, 2.05) is 20.2 Å². The number of hydrogen-bond donors (Lipinski definition) is 3. The standard InChI is InChI=1S/C14H18N6O3/c1-19(2)13-16-9-20(18-13)11-5-3-4-10(8-11)17-14(23)15-7-6-12(21)22/h3-5,8-9H,6-7H2,1-2H3,(H,21,22)(H2,15,17,23). The average molecular weight is 318 g/mol. The second-order valence-corrected chi connectivity index (χ2v) is 4.96. The fourth-order valence-electron chi connectivity index (χ4n) is 1.77. The van der Waals surface area contributed by atoms with E-state index in [1.165, 1.54) is 0 Å². The first-order chi connectivity index (χ1) is 11.0. The molecule has 0 unspecified atom stereocenters. The summed E-state index contributed by atoms with van der Waals surface area (Å²) >= 11 is 0. The lowest BCUT2D eigenvalue weighted by Crippen LogP contribution is -2.30. The molecule has 2 rings (SSSR count). The van der Waals surface area contributed by atoms with Crippen LogP contribution in [-0.4, -0.2) is 52.5 Å². The Hall–Kier alpha value is -3.10. The molecule has 0 fully saturated rings. The van der Waals surface area contributed by atoms with E-state index in [2.05, 4.69) is 20.7 Å². The number of carbonyl (C=O) groups excluding carboxylic acids is 1. The molecule has 1 aromatic heterocycles. The van der Waals surface area contributed by atoms with E-state index in [-0.39, 0.29) is 13.0 Å². The first-order valence-corrected chi connectivity index (χ1v) is 6.92. The highest BCUT2D eigenvalue weighted by Gasteiger charge is 2.07. The van der Waals surface area contributed by atoms with E-state index >= 15 is 0 Å². The summed E-state index contributed by atoms with van der Waals surface area (Å²) in [4.78, 5) is 28.0. The predicted molar refractivity (Wildman–Crippen MR) is 85.0 cm³/mol. The lowest BCUT2D eigenvalue weighted by Gasteiger charge is -2.08. The second kappa shape index (κ2) is 7.25.